The normalized spacial score (nSPS) is 14.4. The van der Waals surface area contributed by atoms with Crippen LogP contribution in [0.25, 0.3) is 0 Å². The Morgan fingerprint density at radius 3 is 2.71 bits per heavy atom. The highest BCUT2D eigenvalue weighted by atomic mass is 32.2. The molecule has 0 radical (unpaired) electrons. The smallest absolute Gasteiger partial charge is 0.128 e. The molecule has 0 atom stereocenters. The lowest BCUT2D eigenvalue weighted by molar-refractivity contribution is 0.579. The zero-order chi connectivity index (χ0) is 14.7. The van der Waals surface area contributed by atoms with E-state index in [-0.39, 0.29) is 5.82 Å². The van der Waals surface area contributed by atoms with Gasteiger partial charge in [0.25, 0.3) is 0 Å². The highest BCUT2D eigenvalue weighted by molar-refractivity contribution is 7.98. The molecule has 0 spiro atoms. The number of thioether (sulfide) groups is 1. The second-order valence-corrected chi connectivity index (χ2v) is 6.60. The van der Waals surface area contributed by atoms with Gasteiger partial charge in [-0.25, -0.2) is 4.39 Å². The van der Waals surface area contributed by atoms with Crippen LogP contribution < -0.4 is 5.32 Å². The van der Waals surface area contributed by atoms with Crippen molar-refractivity contribution < 1.29 is 4.39 Å². The van der Waals surface area contributed by atoms with E-state index in [1.807, 2.05) is 6.07 Å². The van der Waals surface area contributed by atoms with E-state index in [0.29, 0.717) is 12.6 Å². The van der Waals surface area contributed by atoms with Crippen LogP contribution in [0.1, 0.15) is 29.5 Å². The summed E-state index contributed by atoms with van der Waals surface area (Å²) in [5.41, 5.74) is 3.41. The van der Waals surface area contributed by atoms with Gasteiger partial charge in [-0.05, 0) is 43.0 Å². The quantitative estimate of drug-likeness (QED) is 0.778. The van der Waals surface area contributed by atoms with Crippen molar-refractivity contribution in [1.29, 1.82) is 0 Å². The van der Waals surface area contributed by atoms with E-state index in [1.54, 1.807) is 23.9 Å². The maximum atomic E-state index is 14.1. The Balaban J connectivity index is 1.71. The van der Waals surface area contributed by atoms with Crippen LogP contribution in [0.5, 0.6) is 0 Å². The first-order valence-corrected chi connectivity index (χ1v) is 8.40. The highest BCUT2D eigenvalue weighted by Gasteiger charge is 2.21. The number of aryl methyl sites for hydroxylation is 1. The summed E-state index contributed by atoms with van der Waals surface area (Å²) in [6.45, 7) is 2.75. The van der Waals surface area contributed by atoms with Crippen LogP contribution in [0, 0.1) is 12.7 Å². The molecule has 1 fully saturated rings. The number of hydrogen-bond donors (Lipinski definition) is 1. The van der Waals surface area contributed by atoms with Crippen LogP contribution in [-0.4, -0.2) is 6.04 Å². The molecule has 1 N–H and O–H groups in total. The van der Waals surface area contributed by atoms with E-state index in [0.717, 1.165) is 16.2 Å². The van der Waals surface area contributed by atoms with Crippen molar-refractivity contribution in [1.82, 2.24) is 5.32 Å². The van der Waals surface area contributed by atoms with Gasteiger partial charge in [0.2, 0.25) is 0 Å². The average molecular weight is 301 g/mol. The Bertz CT molecular complexity index is 622. The molecule has 110 valence electrons. The van der Waals surface area contributed by atoms with Crippen molar-refractivity contribution >= 4 is 11.8 Å². The Labute approximate surface area is 130 Å². The van der Waals surface area contributed by atoms with Gasteiger partial charge >= 0.3 is 0 Å². The second-order valence-electron chi connectivity index (χ2n) is 5.59. The summed E-state index contributed by atoms with van der Waals surface area (Å²) in [7, 11) is 0. The topological polar surface area (TPSA) is 12.0 Å². The van der Waals surface area contributed by atoms with Crippen molar-refractivity contribution in [3.63, 3.8) is 0 Å². The predicted octanol–water partition coefficient (Wildman–Crippen LogP) is 4.68. The molecule has 1 aliphatic rings. The van der Waals surface area contributed by atoms with Gasteiger partial charge in [0, 0.05) is 28.8 Å². The van der Waals surface area contributed by atoms with Crippen LogP contribution in [0.4, 0.5) is 4.39 Å². The molecule has 0 amide bonds. The summed E-state index contributed by atoms with van der Waals surface area (Å²) in [5.74, 6) is 0.782. The maximum absolute atomic E-state index is 14.1. The van der Waals surface area contributed by atoms with Crippen LogP contribution in [0.2, 0.25) is 0 Å². The van der Waals surface area contributed by atoms with Gasteiger partial charge in [0.05, 0.1) is 0 Å². The van der Waals surface area contributed by atoms with Crippen LogP contribution in [0.3, 0.4) is 0 Å². The van der Waals surface area contributed by atoms with E-state index in [1.165, 1.54) is 24.0 Å². The first kappa shape index (κ1) is 14.6. The number of benzene rings is 2. The molecule has 1 nitrogen and oxygen atoms in total. The van der Waals surface area contributed by atoms with Crippen LogP contribution in [-0.2, 0) is 12.3 Å². The maximum Gasteiger partial charge on any atom is 0.128 e. The monoisotopic (exact) mass is 301 g/mol. The fourth-order valence-electron chi connectivity index (χ4n) is 2.31. The van der Waals surface area contributed by atoms with Crippen molar-refractivity contribution in [2.24, 2.45) is 0 Å². The van der Waals surface area contributed by atoms with Crippen molar-refractivity contribution in [2.45, 2.75) is 43.0 Å². The fourth-order valence-corrected chi connectivity index (χ4v) is 3.46. The van der Waals surface area contributed by atoms with Crippen molar-refractivity contribution in [3.8, 4) is 0 Å². The van der Waals surface area contributed by atoms with Gasteiger partial charge in [0.15, 0.2) is 0 Å². The summed E-state index contributed by atoms with van der Waals surface area (Å²) in [4.78, 5) is 1.05. The molecule has 3 heteroatoms. The van der Waals surface area contributed by atoms with Gasteiger partial charge in [-0.1, -0.05) is 30.3 Å². The SMILES string of the molecule is Cc1ccccc1CSc1cccc(F)c1CNC1CC1. The van der Waals surface area contributed by atoms with Gasteiger partial charge in [-0.15, -0.1) is 11.8 Å². The first-order chi connectivity index (χ1) is 10.2. The molecule has 0 aromatic heterocycles. The minimum absolute atomic E-state index is 0.0991. The second kappa shape index (κ2) is 6.63. The third kappa shape index (κ3) is 3.86. The van der Waals surface area contributed by atoms with Gasteiger partial charge in [-0.2, -0.15) is 0 Å². The number of hydrogen-bond acceptors (Lipinski definition) is 2. The minimum atomic E-state index is -0.0991. The Kier molecular flexibility index (Phi) is 4.61. The Hall–Kier alpha value is -1.32. The van der Waals surface area contributed by atoms with Gasteiger partial charge in [-0.3, -0.25) is 0 Å². The molecular weight excluding hydrogens is 281 g/mol. The molecule has 0 saturated heterocycles. The highest BCUT2D eigenvalue weighted by Crippen LogP contribution is 2.29. The molecule has 0 heterocycles. The summed E-state index contributed by atoms with van der Waals surface area (Å²) < 4.78 is 14.1. The van der Waals surface area contributed by atoms with Crippen molar-refractivity contribution in [3.05, 3.63) is 65.0 Å². The van der Waals surface area contributed by atoms with E-state index >= 15 is 0 Å². The molecule has 0 bridgehead atoms. The zero-order valence-electron chi connectivity index (χ0n) is 12.2. The summed E-state index contributed by atoms with van der Waals surface area (Å²) in [5, 5.41) is 3.41. The fraction of sp³-hybridized carbons (Fsp3) is 0.333. The van der Waals surface area contributed by atoms with Crippen LogP contribution in [0.15, 0.2) is 47.4 Å². The number of nitrogens with one attached hydrogen (secondary N) is 1. The molecule has 2 aromatic carbocycles. The average Bonchev–Trinajstić information content (AvgIpc) is 3.30. The molecular formula is C18H20FNS. The summed E-state index contributed by atoms with van der Waals surface area (Å²) in [6.07, 6.45) is 2.44. The number of rotatable bonds is 6. The van der Waals surface area contributed by atoms with Crippen molar-refractivity contribution in [2.75, 3.05) is 0 Å². The molecule has 1 aliphatic carbocycles. The Morgan fingerprint density at radius 1 is 1.14 bits per heavy atom. The summed E-state index contributed by atoms with van der Waals surface area (Å²) >= 11 is 1.72. The van der Waals surface area contributed by atoms with Crippen LogP contribution >= 0.6 is 11.8 Å². The Morgan fingerprint density at radius 2 is 1.95 bits per heavy atom. The lowest BCUT2D eigenvalue weighted by atomic mass is 10.1. The third-order valence-corrected chi connectivity index (χ3v) is 5.01. The minimum Gasteiger partial charge on any atom is -0.310 e. The lowest BCUT2D eigenvalue weighted by Crippen LogP contribution is -2.16. The molecule has 2 aromatic rings. The lowest BCUT2D eigenvalue weighted by Gasteiger charge is -2.12. The van der Waals surface area contributed by atoms with Gasteiger partial charge < -0.3 is 5.32 Å². The van der Waals surface area contributed by atoms with E-state index in [2.05, 4.69) is 36.5 Å². The number of halogens is 1. The summed E-state index contributed by atoms with van der Waals surface area (Å²) in [6, 6.07) is 14.4. The largest absolute Gasteiger partial charge is 0.310 e. The third-order valence-electron chi connectivity index (χ3n) is 3.87. The van der Waals surface area contributed by atoms with E-state index in [4.69, 9.17) is 0 Å². The zero-order valence-corrected chi connectivity index (χ0v) is 13.0. The van der Waals surface area contributed by atoms with Gasteiger partial charge in [0.1, 0.15) is 5.82 Å². The predicted molar refractivity (Wildman–Crippen MR) is 87.0 cm³/mol. The molecule has 3 rings (SSSR count). The first-order valence-electron chi connectivity index (χ1n) is 7.42. The molecule has 0 aliphatic heterocycles. The van der Waals surface area contributed by atoms with E-state index in [9.17, 15) is 4.39 Å². The molecule has 1 saturated carbocycles. The van der Waals surface area contributed by atoms with E-state index < -0.39 is 0 Å². The standard InChI is InChI=1S/C18H20FNS/c1-13-5-2-3-6-14(13)12-21-18-8-4-7-17(19)16(18)11-20-15-9-10-15/h2-8,15,20H,9-12H2,1H3. The molecule has 0 unspecified atom stereocenters. The molecule has 21 heavy (non-hydrogen) atoms.